The lowest BCUT2D eigenvalue weighted by Crippen LogP contribution is -1.96. The second-order valence-corrected chi connectivity index (χ2v) is 12.4. The van der Waals surface area contributed by atoms with Gasteiger partial charge in [0, 0.05) is 50.6 Å². The summed E-state index contributed by atoms with van der Waals surface area (Å²) in [6.07, 6.45) is 3.67. The molecule has 0 N–H and O–H groups in total. The lowest BCUT2D eigenvalue weighted by atomic mass is 9.95. The van der Waals surface area contributed by atoms with Crippen molar-refractivity contribution in [3.05, 3.63) is 164 Å². The molecule has 0 aliphatic carbocycles. The zero-order chi connectivity index (χ0) is 33.0. The van der Waals surface area contributed by atoms with Crippen LogP contribution in [0.2, 0.25) is 0 Å². The van der Waals surface area contributed by atoms with Crippen molar-refractivity contribution < 1.29 is 8.83 Å². The van der Waals surface area contributed by atoms with Crippen molar-refractivity contribution in [1.82, 2.24) is 15.0 Å². The molecule has 0 radical (unpaired) electrons. The van der Waals surface area contributed by atoms with Gasteiger partial charge in [0.15, 0.2) is 5.82 Å². The first kappa shape index (κ1) is 28.2. The number of hydrogen-bond acceptors (Lipinski definition) is 5. The van der Waals surface area contributed by atoms with E-state index in [0.717, 1.165) is 94.2 Å². The Hall–Kier alpha value is -6.85. The Balaban J connectivity index is 1.20. The first-order chi connectivity index (χ1) is 24.8. The normalized spacial score (nSPS) is 11.6. The number of pyridine rings is 1. The topological polar surface area (TPSA) is 65.0 Å². The van der Waals surface area contributed by atoms with Crippen LogP contribution >= 0.6 is 0 Å². The summed E-state index contributed by atoms with van der Waals surface area (Å²) in [6, 6.07) is 51.7. The van der Waals surface area contributed by atoms with Crippen LogP contribution in [-0.2, 0) is 0 Å². The standard InChI is InChI=1S/C45H27N3O2/c1-2-10-29(11-3-1)38-26-39(30-21-19-28(20-22-30)31-12-9-25-46-27-31)48-45(47-38)37-24-23-33(42-36-14-5-7-18-41(36)50-44(37)42)35-16-8-15-34-32-13-4-6-17-40(32)49-43(34)35/h1-27H. The molecule has 0 fully saturated rings. The highest BCUT2D eigenvalue weighted by Gasteiger charge is 2.22. The van der Waals surface area contributed by atoms with Gasteiger partial charge >= 0.3 is 0 Å². The summed E-state index contributed by atoms with van der Waals surface area (Å²) >= 11 is 0. The molecule has 0 saturated heterocycles. The lowest BCUT2D eigenvalue weighted by molar-refractivity contribution is 0.669. The van der Waals surface area contributed by atoms with Crippen molar-refractivity contribution in [1.29, 1.82) is 0 Å². The molecule has 4 heterocycles. The molecule has 234 valence electrons. The van der Waals surface area contributed by atoms with Gasteiger partial charge < -0.3 is 8.83 Å². The number of benzene rings is 6. The number of rotatable bonds is 5. The Morgan fingerprint density at radius 1 is 0.400 bits per heavy atom. The lowest BCUT2D eigenvalue weighted by Gasteiger charge is -2.12. The fraction of sp³-hybridized carbons (Fsp3) is 0. The summed E-state index contributed by atoms with van der Waals surface area (Å²) in [5.74, 6) is 0.593. The molecule has 0 spiro atoms. The third-order valence-electron chi connectivity index (χ3n) is 9.43. The largest absolute Gasteiger partial charge is 0.455 e. The highest BCUT2D eigenvalue weighted by molar-refractivity contribution is 6.19. The minimum atomic E-state index is 0.593. The predicted octanol–water partition coefficient (Wildman–Crippen LogP) is 12.0. The van der Waals surface area contributed by atoms with Gasteiger partial charge in [-0.15, -0.1) is 0 Å². The van der Waals surface area contributed by atoms with E-state index in [1.165, 1.54) is 0 Å². The van der Waals surface area contributed by atoms with Gasteiger partial charge in [-0.05, 0) is 47.0 Å². The molecule has 0 aliphatic heterocycles. The van der Waals surface area contributed by atoms with E-state index in [-0.39, 0.29) is 0 Å². The average molecular weight is 642 g/mol. The van der Waals surface area contributed by atoms with Gasteiger partial charge in [-0.25, -0.2) is 9.97 Å². The fourth-order valence-corrected chi connectivity index (χ4v) is 7.03. The maximum absolute atomic E-state index is 6.71. The molecular weight excluding hydrogens is 615 g/mol. The van der Waals surface area contributed by atoms with Gasteiger partial charge in [0.2, 0.25) is 0 Å². The molecule has 5 nitrogen and oxygen atoms in total. The Kier molecular flexibility index (Phi) is 6.42. The quantitative estimate of drug-likeness (QED) is 0.187. The van der Waals surface area contributed by atoms with Crippen LogP contribution in [0.5, 0.6) is 0 Å². The Bertz CT molecular complexity index is 2850. The van der Waals surface area contributed by atoms with Gasteiger partial charge in [-0.3, -0.25) is 4.98 Å². The zero-order valence-corrected chi connectivity index (χ0v) is 26.7. The van der Waals surface area contributed by atoms with Crippen LogP contribution in [0.25, 0.3) is 100 Å². The molecule has 4 aromatic heterocycles. The molecule has 0 amide bonds. The number of aromatic nitrogens is 3. The van der Waals surface area contributed by atoms with E-state index in [0.29, 0.717) is 5.82 Å². The SMILES string of the molecule is c1ccc(-c2cc(-c3ccc(-c4cccnc4)cc3)nc(-c3ccc(-c4cccc5c4oc4ccccc45)c4c3oc3ccccc34)n2)cc1. The van der Waals surface area contributed by atoms with Crippen LogP contribution in [0, 0.1) is 0 Å². The molecular formula is C45H27N3O2. The Morgan fingerprint density at radius 2 is 1.02 bits per heavy atom. The van der Waals surface area contributed by atoms with E-state index >= 15 is 0 Å². The van der Waals surface area contributed by atoms with Gasteiger partial charge in [0.1, 0.15) is 22.3 Å². The van der Waals surface area contributed by atoms with Crippen molar-refractivity contribution >= 4 is 43.9 Å². The summed E-state index contributed by atoms with van der Waals surface area (Å²) in [5.41, 5.74) is 12.0. The van der Waals surface area contributed by atoms with Gasteiger partial charge in [0.25, 0.3) is 0 Å². The monoisotopic (exact) mass is 641 g/mol. The maximum Gasteiger partial charge on any atom is 0.164 e. The molecule has 0 bridgehead atoms. The minimum absolute atomic E-state index is 0.593. The molecule has 6 aromatic carbocycles. The highest BCUT2D eigenvalue weighted by Crippen LogP contribution is 2.44. The molecule has 10 rings (SSSR count). The van der Waals surface area contributed by atoms with E-state index in [4.69, 9.17) is 18.8 Å². The van der Waals surface area contributed by atoms with Crippen molar-refractivity contribution in [3.63, 3.8) is 0 Å². The van der Waals surface area contributed by atoms with Crippen molar-refractivity contribution in [3.8, 4) is 56.2 Å². The average Bonchev–Trinajstić information content (AvgIpc) is 3.78. The Labute approximate surface area is 287 Å². The number of nitrogens with zero attached hydrogens (tertiary/aromatic N) is 3. The van der Waals surface area contributed by atoms with Gasteiger partial charge in [-0.2, -0.15) is 0 Å². The Morgan fingerprint density at radius 3 is 1.80 bits per heavy atom. The maximum atomic E-state index is 6.71. The third-order valence-corrected chi connectivity index (χ3v) is 9.43. The fourth-order valence-electron chi connectivity index (χ4n) is 7.03. The summed E-state index contributed by atoms with van der Waals surface area (Å²) in [4.78, 5) is 14.7. The second kappa shape index (κ2) is 11.4. The predicted molar refractivity (Wildman–Crippen MR) is 202 cm³/mol. The smallest absolute Gasteiger partial charge is 0.164 e. The summed E-state index contributed by atoms with van der Waals surface area (Å²) < 4.78 is 13.2. The zero-order valence-electron chi connectivity index (χ0n) is 26.7. The van der Waals surface area contributed by atoms with E-state index in [9.17, 15) is 0 Å². The van der Waals surface area contributed by atoms with Crippen molar-refractivity contribution in [2.24, 2.45) is 0 Å². The third kappa shape index (κ3) is 4.60. The molecule has 5 heteroatoms. The first-order valence-electron chi connectivity index (χ1n) is 16.6. The highest BCUT2D eigenvalue weighted by atomic mass is 16.3. The molecule has 0 unspecified atom stereocenters. The van der Waals surface area contributed by atoms with Crippen LogP contribution in [0.3, 0.4) is 0 Å². The van der Waals surface area contributed by atoms with E-state index in [1.54, 1.807) is 6.20 Å². The van der Waals surface area contributed by atoms with Crippen LogP contribution < -0.4 is 0 Å². The number of hydrogen-bond donors (Lipinski definition) is 0. The molecule has 0 saturated carbocycles. The summed E-state index contributed by atoms with van der Waals surface area (Å²) in [5, 5.41) is 4.21. The van der Waals surface area contributed by atoms with Crippen LogP contribution in [0.1, 0.15) is 0 Å². The summed E-state index contributed by atoms with van der Waals surface area (Å²) in [7, 11) is 0. The van der Waals surface area contributed by atoms with Crippen molar-refractivity contribution in [2.75, 3.05) is 0 Å². The van der Waals surface area contributed by atoms with E-state index in [2.05, 4.69) is 102 Å². The molecule has 10 aromatic rings. The number of para-hydroxylation sites is 3. The van der Waals surface area contributed by atoms with Crippen LogP contribution in [0.4, 0.5) is 0 Å². The first-order valence-corrected chi connectivity index (χ1v) is 16.6. The molecule has 50 heavy (non-hydrogen) atoms. The van der Waals surface area contributed by atoms with Crippen molar-refractivity contribution in [2.45, 2.75) is 0 Å². The second-order valence-electron chi connectivity index (χ2n) is 12.4. The van der Waals surface area contributed by atoms with Gasteiger partial charge in [0.05, 0.1) is 17.0 Å². The van der Waals surface area contributed by atoms with E-state index < -0.39 is 0 Å². The number of fused-ring (bicyclic) bond motifs is 6. The minimum Gasteiger partial charge on any atom is -0.455 e. The number of furan rings is 2. The van der Waals surface area contributed by atoms with Crippen LogP contribution in [-0.4, -0.2) is 15.0 Å². The van der Waals surface area contributed by atoms with Crippen LogP contribution in [0.15, 0.2) is 173 Å². The molecule has 0 aliphatic rings. The van der Waals surface area contributed by atoms with Gasteiger partial charge in [-0.1, -0.05) is 121 Å². The van der Waals surface area contributed by atoms with E-state index in [1.807, 2.05) is 60.8 Å². The summed E-state index contributed by atoms with van der Waals surface area (Å²) in [6.45, 7) is 0. The molecule has 0 atom stereocenters.